The number of halogens is 2. The molecule has 3 rings (SSSR count). The zero-order chi connectivity index (χ0) is 15.0. The van der Waals surface area contributed by atoms with Gasteiger partial charge in [0, 0.05) is 10.6 Å². The molecule has 0 saturated carbocycles. The van der Waals surface area contributed by atoms with E-state index in [-0.39, 0.29) is 5.82 Å². The molecule has 0 spiro atoms. The second kappa shape index (κ2) is 5.50. The lowest BCUT2D eigenvalue weighted by atomic mass is 10.2. The first-order valence-corrected chi connectivity index (χ1v) is 7.09. The number of fused-ring (bicyclic) bond motifs is 1. The highest BCUT2D eigenvalue weighted by atomic mass is 35.5. The van der Waals surface area contributed by atoms with Crippen LogP contribution in [-0.4, -0.2) is 16.7 Å². The van der Waals surface area contributed by atoms with Crippen LogP contribution in [-0.2, 0) is 6.54 Å². The minimum absolute atomic E-state index is 0.330. The third kappa shape index (κ3) is 2.43. The summed E-state index contributed by atoms with van der Waals surface area (Å²) in [5.41, 5.74) is 1.90. The molecule has 0 saturated heterocycles. The Bertz CT molecular complexity index is 872. The third-order valence-corrected chi connectivity index (χ3v) is 4.05. The van der Waals surface area contributed by atoms with Gasteiger partial charge in [0.1, 0.15) is 17.1 Å². The Balaban J connectivity index is 2.18. The Morgan fingerprint density at radius 1 is 1.29 bits per heavy atom. The van der Waals surface area contributed by atoms with E-state index in [0.717, 1.165) is 5.56 Å². The van der Waals surface area contributed by atoms with Gasteiger partial charge < -0.3 is 14.3 Å². The van der Waals surface area contributed by atoms with Crippen LogP contribution in [0, 0.1) is 10.6 Å². The Morgan fingerprint density at radius 3 is 2.81 bits per heavy atom. The average molecular weight is 323 g/mol. The molecule has 0 atom stereocenters. The van der Waals surface area contributed by atoms with Crippen LogP contribution in [0.3, 0.4) is 0 Å². The first kappa shape index (κ1) is 14.1. The minimum Gasteiger partial charge on any atom is -0.496 e. The number of nitrogens with zero attached hydrogens (tertiary/aromatic N) is 1. The maximum absolute atomic E-state index is 13.8. The van der Waals surface area contributed by atoms with E-state index in [1.807, 2.05) is 18.2 Å². The molecule has 0 radical (unpaired) electrons. The van der Waals surface area contributed by atoms with Crippen LogP contribution >= 0.6 is 23.8 Å². The van der Waals surface area contributed by atoms with Crippen molar-refractivity contribution in [2.24, 2.45) is 0 Å². The first-order valence-electron chi connectivity index (χ1n) is 6.30. The predicted molar refractivity (Wildman–Crippen MR) is 84.2 cm³/mol. The molecule has 21 heavy (non-hydrogen) atoms. The standard InChI is InChI=1S/C15H12ClFN2OS/c1-20-13-7-2-4-10(16)9(13)8-19-12-6-3-5-11(17)14(12)18-15(19)21/h2-7H,8H2,1H3,(H,18,21). The molecular weight excluding hydrogens is 311 g/mol. The average Bonchev–Trinajstić information content (AvgIpc) is 2.79. The Kier molecular flexibility index (Phi) is 3.69. The molecule has 3 nitrogen and oxygen atoms in total. The third-order valence-electron chi connectivity index (χ3n) is 3.37. The fraction of sp³-hybridized carbons (Fsp3) is 0.133. The Morgan fingerprint density at radius 2 is 2.05 bits per heavy atom. The summed E-state index contributed by atoms with van der Waals surface area (Å²) in [5, 5.41) is 0.585. The molecule has 0 aliphatic heterocycles. The van der Waals surface area contributed by atoms with E-state index >= 15 is 0 Å². The number of H-pyrrole nitrogens is 1. The van der Waals surface area contributed by atoms with Gasteiger partial charge in [0.15, 0.2) is 4.77 Å². The lowest BCUT2D eigenvalue weighted by Crippen LogP contribution is -2.02. The SMILES string of the molecule is COc1cccc(Cl)c1Cn1c(=S)[nH]c2c(F)cccc21. The molecule has 0 fully saturated rings. The summed E-state index contributed by atoms with van der Waals surface area (Å²) >= 11 is 11.5. The van der Waals surface area contributed by atoms with Gasteiger partial charge in [0.2, 0.25) is 0 Å². The van der Waals surface area contributed by atoms with Gasteiger partial charge >= 0.3 is 0 Å². The summed E-state index contributed by atoms with van der Waals surface area (Å²) in [4.78, 5) is 2.89. The zero-order valence-electron chi connectivity index (χ0n) is 11.2. The van der Waals surface area contributed by atoms with Crippen molar-refractivity contribution < 1.29 is 9.13 Å². The summed E-state index contributed by atoms with van der Waals surface area (Å²) in [6.07, 6.45) is 0. The van der Waals surface area contributed by atoms with E-state index in [1.54, 1.807) is 23.8 Å². The Labute approximate surface area is 130 Å². The second-order valence-corrected chi connectivity index (χ2v) is 5.36. The van der Waals surface area contributed by atoms with Crippen molar-refractivity contribution in [2.45, 2.75) is 6.54 Å². The van der Waals surface area contributed by atoms with Gasteiger partial charge in [-0.1, -0.05) is 23.7 Å². The predicted octanol–water partition coefficient (Wildman–Crippen LogP) is 4.55. The second-order valence-electron chi connectivity index (χ2n) is 4.57. The number of para-hydroxylation sites is 1. The van der Waals surface area contributed by atoms with Crippen molar-refractivity contribution in [2.75, 3.05) is 7.11 Å². The number of hydrogen-bond donors (Lipinski definition) is 1. The highest BCUT2D eigenvalue weighted by Gasteiger charge is 2.13. The fourth-order valence-corrected chi connectivity index (χ4v) is 2.83. The highest BCUT2D eigenvalue weighted by molar-refractivity contribution is 7.71. The van der Waals surface area contributed by atoms with E-state index in [1.165, 1.54) is 6.07 Å². The van der Waals surface area contributed by atoms with Gasteiger partial charge in [-0.15, -0.1) is 0 Å². The van der Waals surface area contributed by atoms with Gasteiger partial charge in [0.05, 0.1) is 19.2 Å². The molecule has 1 heterocycles. The number of aromatic amines is 1. The van der Waals surface area contributed by atoms with Crippen molar-refractivity contribution in [3.63, 3.8) is 0 Å². The molecule has 6 heteroatoms. The number of ether oxygens (including phenoxy) is 1. The smallest absolute Gasteiger partial charge is 0.178 e. The molecule has 3 aromatic rings. The van der Waals surface area contributed by atoms with Crippen molar-refractivity contribution in [1.29, 1.82) is 0 Å². The van der Waals surface area contributed by atoms with Crippen molar-refractivity contribution in [1.82, 2.24) is 9.55 Å². The van der Waals surface area contributed by atoms with Gasteiger partial charge in [-0.2, -0.15) is 0 Å². The molecule has 0 aliphatic rings. The van der Waals surface area contributed by atoms with Gasteiger partial charge in [-0.25, -0.2) is 4.39 Å². The van der Waals surface area contributed by atoms with E-state index < -0.39 is 0 Å². The van der Waals surface area contributed by atoms with Gasteiger partial charge in [-0.05, 0) is 36.5 Å². The number of hydrogen-bond acceptors (Lipinski definition) is 2. The topological polar surface area (TPSA) is 29.9 Å². The summed E-state index contributed by atoms with van der Waals surface area (Å²) in [6, 6.07) is 10.3. The quantitative estimate of drug-likeness (QED) is 0.717. The number of aromatic nitrogens is 2. The molecule has 1 aromatic heterocycles. The number of benzene rings is 2. The van der Waals surface area contributed by atoms with Gasteiger partial charge in [-0.3, -0.25) is 0 Å². The molecule has 108 valence electrons. The zero-order valence-corrected chi connectivity index (χ0v) is 12.8. The van der Waals surface area contributed by atoms with E-state index in [9.17, 15) is 4.39 Å². The van der Waals surface area contributed by atoms with Crippen molar-refractivity contribution in [3.8, 4) is 5.75 Å². The molecule has 1 N–H and O–H groups in total. The molecule has 0 aliphatic carbocycles. The summed E-state index contributed by atoms with van der Waals surface area (Å²) in [5.74, 6) is 0.346. The highest BCUT2D eigenvalue weighted by Crippen LogP contribution is 2.28. The van der Waals surface area contributed by atoms with Crippen LogP contribution in [0.1, 0.15) is 5.56 Å². The van der Waals surface area contributed by atoms with Crippen LogP contribution in [0.15, 0.2) is 36.4 Å². The number of rotatable bonds is 3. The largest absolute Gasteiger partial charge is 0.496 e. The summed E-state index contributed by atoms with van der Waals surface area (Å²) < 4.78 is 21.4. The minimum atomic E-state index is -0.330. The van der Waals surface area contributed by atoms with Crippen LogP contribution < -0.4 is 4.74 Å². The molecular formula is C15H12ClFN2OS. The summed E-state index contributed by atoms with van der Waals surface area (Å²) in [7, 11) is 1.59. The van der Waals surface area contributed by atoms with E-state index in [2.05, 4.69) is 4.98 Å². The summed E-state index contributed by atoms with van der Waals surface area (Å²) in [6.45, 7) is 0.408. The van der Waals surface area contributed by atoms with Crippen LogP contribution in [0.4, 0.5) is 4.39 Å². The van der Waals surface area contributed by atoms with Crippen LogP contribution in [0.2, 0.25) is 5.02 Å². The lowest BCUT2D eigenvalue weighted by Gasteiger charge is -2.11. The monoisotopic (exact) mass is 322 g/mol. The number of imidazole rings is 1. The van der Waals surface area contributed by atoms with Crippen molar-refractivity contribution in [3.05, 3.63) is 57.6 Å². The maximum Gasteiger partial charge on any atom is 0.178 e. The van der Waals surface area contributed by atoms with Crippen LogP contribution in [0.5, 0.6) is 5.75 Å². The molecule has 0 unspecified atom stereocenters. The lowest BCUT2D eigenvalue weighted by molar-refractivity contribution is 0.408. The Hall–Kier alpha value is -1.85. The molecule has 0 bridgehead atoms. The van der Waals surface area contributed by atoms with E-state index in [4.69, 9.17) is 28.6 Å². The fourth-order valence-electron chi connectivity index (χ4n) is 2.34. The van der Waals surface area contributed by atoms with Crippen molar-refractivity contribution >= 4 is 34.9 Å². The number of methoxy groups -OCH3 is 1. The van der Waals surface area contributed by atoms with Crippen LogP contribution in [0.25, 0.3) is 11.0 Å². The van der Waals surface area contributed by atoms with E-state index in [0.29, 0.717) is 33.1 Å². The number of nitrogens with one attached hydrogen (secondary N) is 1. The molecule has 2 aromatic carbocycles. The maximum atomic E-state index is 13.8. The normalized spacial score (nSPS) is 11.0. The molecule has 0 amide bonds. The first-order chi connectivity index (χ1) is 10.1. The van der Waals surface area contributed by atoms with Gasteiger partial charge in [0.25, 0.3) is 0 Å².